The van der Waals surface area contributed by atoms with Gasteiger partial charge in [-0.1, -0.05) is 13.8 Å². The first-order valence-corrected chi connectivity index (χ1v) is 9.18. The molecule has 0 bridgehead atoms. The molecule has 5 nitrogen and oxygen atoms in total. The van der Waals surface area contributed by atoms with Crippen LogP contribution in [0.1, 0.15) is 48.2 Å². The van der Waals surface area contributed by atoms with E-state index in [0.717, 1.165) is 36.5 Å². The monoisotopic (exact) mass is 337 g/mol. The number of carbonyl (C=O) groups excluding carboxylic acids is 2. The van der Waals surface area contributed by atoms with Gasteiger partial charge in [0.1, 0.15) is 0 Å². The van der Waals surface area contributed by atoms with Gasteiger partial charge in [0.25, 0.3) is 5.91 Å². The number of nitrogens with one attached hydrogen (secondary N) is 2. The zero-order chi connectivity index (χ0) is 17.0. The van der Waals surface area contributed by atoms with E-state index in [2.05, 4.69) is 24.5 Å². The molecule has 0 radical (unpaired) electrons. The fraction of sp³-hybridized carbons (Fsp3) is 0.647. The molecule has 6 heteroatoms. The maximum atomic E-state index is 12.4. The van der Waals surface area contributed by atoms with Gasteiger partial charge in [0.05, 0.1) is 10.6 Å². The van der Waals surface area contributed by atoms with E-state index in [1.807, 2.05) is 18.7 Å². The van der Waals surface area contributed by atoms with Gasteiger partial charge >= 0.3 is 6.03 Å². The fourth-order valence-corrected chi connectivity index (χ4v) is 3.82. The van der Waals surface area contributed by atoms with Crippen molar-refractivity contribution in [3.8, 4) is 0 Å². The Morgan fingerprint density at radius 1 is 1.35 bits per heavy atom. The molecule has 3 amide bonds. The number of likely N-dealkylation sites (tertiary alicyclic amines) is 1. The number of hydrogen-bond donors (Lipinski definition) is 2. The first-order valence-electron chi connectivity index (χ1n) is 8.37. The van der Waals surface area contributed by atoms with Crippen molar-refractivity contribution in [1.82, 2.24) is 10.2 Å². The van der Waals surface area contributed by atoms with Crippen molar-refractivity contribution in [2.45, 2.75) is 40.5 Å². The van der Waals surface area contributed by atoms with Crippen molar-refractivity contribution < 1.29 is 9.59 Å². The first kappa shape index (κ1) is 17.8. The van der Waals surface area contributed by atoms with Crippen LogP contribution in [0.3, 0.4) is 0 Å². The van der Waals surface area contributed by atoms with Crippen molar-refractivity contribution >= 4 is 29.0 Å². The highest BCUT2D eigenvalue weighted by Gasteiger charge is 2.25. The Bertz CT molecular complexity index is 560. The molecule has 1 aromatic heterocycles. The highest BCUT2D eigenvalue weighted by Crippen LogP contribution is 2.28. The lowest BCUT2D eigenvalue weighted by Gasteiger charge is -2.33. The Hall–Kier alpha value is -1.56. The average Bonchev–Trinajstić information content (AvgIpc) is 2.88. The summed E-state index contributed by atoms with van der Waals surface area (Å²) >= 11 is 1.41. The van der Waals surface area contributed by atoms with Gasteiger partial charge in [-0.15, -0.1) is 11.3 Å². The second kappa shape index (κ2) is 7.81. The summed E-state index contributed by atoms with van der Waals surface area (Å²) < 4.78 is 0. The predicted octanol–water partition coefficient (Wildman–Crippen LogP) is 3.71. The van der Waals surface area contributed by atoms with Crippen molar-refractivity contribution in [3.05, 3.63) is 15.8 Å². The van der Waals surface area contributed by atoms with Crippen LogP contribution in [0.4, 0.5) is 10.5 Å². The molecule has 2 rings (SSSR count). The quantitative estimate of drug-likeness (QED) is 0.880. The van der Waals surface area contributed by atoms with Crippen LogP contribution in [0.15, 0.2) is 6.07 Å². The second-order valence-corrected chi connectivity index (χ2v) is 7.69. The molecule has 2 N–H and O–H groups in total. The predicted molar refractivity (Wildman–Crippen MR) is 95.2 cm³/mol. The Kier molecular flexibility index (Phi) is 6.04. The van der Waals surface area contributed by atoms with Gasteiger partial charge in [-0.25, -0.2) is 4.79 Å². The van der Waals surface area contributed by atoms with Crippen LogP contribution in [0, 0.1) is 18.8 Å². The average molecular weight is 337 g/mol. The minimum absolute atomic E-state index is 0.0597. The number of rotatable bonds is 4. The van der Waals surface area contributed by atoms with E-state index in [1.165, 1.54) is 11.3 Å². The van der Waals surface area contributed by atoms with Gasteiger partial charge in [-0.3, -0.25) is 4.79 Å². The largest absolute Gasteiger partial charge is 0.352 e. The highest BCUT2D eigenvalue weighted by molar-refractivity contribution is 7.14. The molecule has 0 aromatic carbocycles. The molecule has 1 aliphatic heterocycles. The number of piperidine rings is 1. The number of aryl methyl sites for hydroxylation is 1. The van der Waals surface area contributed by atoms with Crippen LogP contribution in [-0.2, 0) is 0 Å². The number of thiophene rings is 1. The zero-order valence-electron chi connectivity index (χ0n) is 14.4. The molecule has 1 fully saturated rings. The van der Waals surface area contributed by atoms with Gasteiger partial charge in [-0.05, 0) is 44.6 Å². The third kappa shape index (κ3) is 4.47. The van der Waals surface area contributed by atoms with Gasteiger partial charge in [-0.2, -0.15) is 0 Å². The third-order valence-corrected chi connectivity index (χ3v) is 5.54. The minimum atomic E-state index is -0.0844. The summed E-state index contributed by atoms with van der Waals surface area (Å²) in [6.45, 7) is 10.5. The number of carbonyl (C=O) groups is 2. The number of anilines is 1. The number of hydrogen-bond acceptors (Lipinski definition) is 3. The summed E-state index contributed by atoms with van der Waals surface area (Å²) in [5.41, 5.74) is 0.743. The van der Waals surface area contributed by atoms with Crippen LogP contribution >= 0.6 is 11.3 Å². The first-order chi connectivity index (χ1) is 10.9. The summed E-state index contributed by atoms with van der Waals surface area (Å²) in [5, 5.41) is 5.74. The van der Waals surface area contributed by atoms with Crippen LogP contribution in [-0.4, -0.2) is 36.5 Å². The molecule has 0 spiro atoms. The molecule has 0 aliphatic carbocycles. The van der Waals surface area contributed by atoms with Crippen LogP contribution in [0.25, 0.3) is 0 Å². The van der Waals surface area contributed by atoms with Gasteiger partial charge in [0.15, 0.2) is 0 Å². The van der Waals surface area contributed by atoms with Gasteiger partial charge < -0.3 is 15.5 Å². The molecule has 0 atom stereocenters. The number of urea groups is 1. The van der Waals surface area contributed by atoms with E-state index in [1.54, 1.807) is 6.07 Å². The third-order valence-electron chi connectivity index (χ3n) is 4.49. The molecule has 0 saturated carbocycles. The van der Waals surface area contributed by atoms with E-state index >= 15 is 0 Å². The maximum Gasteiger partial charge on any atom is 0.321 e. The van der Waals surface area contributed by atoms with Crippen molar-refractivity contribution in [3.63, 3.8) is 0 Å². The summed E-state index contributed by atoms with van der Waals surface area (Å²) in [4.78, 5) is 27.8. The molecular weight excluding hydrogens is 310 g/mol. The smallest absolute Gasteiger partial charge is 0.321 e. The molecule has 23 heavy (non-hydrogen) atoms. The lowest BCUT2D eigenvalue weighted by Crippen LogP contribution is -2.41. The number of amides is 3. The van der Waals surface area contributed by atoms with Crippen molar-refractivity contribution in [2.24, 2.45) is 11.8 Å². The Morgan fingerprint density at radius 3 is 2.57 bits per heavy atom. The highest BCUT2D eigenvalue weighted by atomic mass is 32.1. The zero-order valence-corrected chi connectivity index (χ0v) is 15.3. The van der Waals surface area contributed by atoms with Crippen molar-refractivity contribution in [1.29, 1.82) is 0 Å². The van der Waals surface area contributed by atoms with E-state index in [-0.39, 0.29) is 11.9 Å². The summed E-state index contributed by atoms with van der Waals surface area (Å²) in [7, 11) is 0. The summed E-state index contributed by atoms with van der Waals surface area (Å²) in [5.74, 6) is 1.31. The Morgan fingerprint density at radius 2 is 2.00 bits per heavy atom. The van der Waals surface area contributed by atoms with Gasteiger partial charge in [0.2, 0.25) is 0 Å². The molecule has 1 saturated heterocycles. The van der Waals surface area contributed by atoms with Crippen LogP contribution in [0.5, 0.6) is 0 Å². The van der Waals surface area contributed by atoms with Crippen LogP contribution in [0.2, 0.25) is 0 Å². The molecule has 2 heterocycles. The Labute approximate surface area is 142 Å². The fourth-order valence-electron chi connectivity index (χ4n) is 2.93. The summed E-state index contributed by atoms with van der Waals surface area (Å²) in [6.07, 6.45) is 2.13. The van der Waals surface area contributed by atoms with E-state index in [4.69, 9.17) is 0 Å². The van der Waals surface area contributed by atoms with Gasteiger partial charge in [0, 0.05) is 24.5 Å². The van der Waals surface area contributed by atoms with E-state index in [9.17, 15) is 9.59 Å². The van der Waals surface area contributed by atoms with E-state index in [0.29, 0.717) is 23.3 Å². The van der Waals surface area contributed by atoms with E-state index < -0.39 is 0 Å². The lowest BCUT2D eigenvalue weighted by molar-refractivity contribution is 0.0960. The molecular formula is C17H27N3O2S. The SMILES string of the molecule is CCNC(=O)c1cc(NC(=O)N2CCC(C(C)C)CC2)c(C)s1. The van der Waals surface area contributed by atoms with Crippen LogP contribution < -0.4 is 10.6 Å². The molecule has 128 valence electrons. The second-order valence-electron chi connectivity index (χ2n) is 6.44. The molecule has 1 aromatic rings. The topological polar surface area (TPSA) is 61.4 Å². The number of nitrogens with zero attached hydrogens (tertiary/aromatic N) is 1. The summed E-state index contributed by atoms with van der Waals surface area (Å²) in [6, 6.07) is 1.71. The standard InChI is InChI=1S/C17H27N3O2S/c1-5-18-16(21)15-10-14(12(4)23-15)19-17(22)20-8-6-13(7-9-20)11(2)3/h10-11,13H,5-9H2,1-4H3,(H,18,21)(H,19,22). The molecule has 0 unspecified atom stereocenters. The van der Waals surface area contributed by atoms with Crippen molar-refractivity contribution in [2.75, 3.05) is 25.0 Å². The Balaban J connectivity index is 1.94. The minimum Gasteiger partial charge on any atom is -0.352 e. The lowest BCUT2D eigenvalue weighted by atomic mass is 9.87. The molecule has 1 aliphatic rings. The normalized spacial score (nSPS) is 15.8. The maximum absolute atomic E-state index is 12.4.